The van der Waals surface area contributed by atoms with Crippen LogP contribution in [0.5, 0.6) is 0 Å². The van der Waals surface area contributed by atoms with Crippen molar-refractivity contribution in [3.8, 4) is 0 Å². The Labute approximate surface area is 185 Å². The van der Waals surface area contributed by atoms with Gasteiger partial charge in [0.25, 0.3) is 0 Å². The van der Waals surface area contributed by atoms with Crippen LogP contribution in [0, 0.1) is 0 Å². The Bertz CT molecular complexity index is 765. The van der Waals surface area contributed by atoms with Crippen LogP contribution in [0.3, 0.4) is 0 Å². The number of benzene rings is 1. The molecule has 2 heterocycles. The Balaban J connectivity index is 1.28. The fourth-order valence-corrected chi connectivity index (χ4v) is 4.47. The highest BCUT2D eigenvalue weighted by atomic mass is 32.1. The van der Waals surface area contributed by atoms with E-state index in [1.165, 1.54) is 11.3 Å². The summed E-state index contributed by atoms with van der Waals surface area (Å²) in [6, 6.07) is 10.8. The van der Waals surface area contributed by atoms with E-state index in [0.29, 0.717) is 5.92 Å². The summed E-state index contributed by atoms with van der Waals surface area (Å²) in [5.74, 6) is 1.33. The number of aliphatic imine (C=N–C) groups is 1. The molecule has 1 aliphatic rings. The summed E-state index contributed by atoms with van der Waals surface area (Å²) in [4.78, 5) is 14.1. The maximum Gasteiger partial charge on any atom is 0.191 e. The number of piperazine rings is 1. The highest BCUT2D eigenvalue weighted by Gasteiger charge is 2.16. The summed E-state index contributed by atoms with van der Waals surface area (Å²) in [6.45, 7) is 12.8. The second-order valence-corrected chi connectivity index (χ2v) is 9.07. The van der Waals surface area contributed by atoms with E-state index in [-0.39, 0.29) is 0 Å². The number of rotatable bonds is 9. The zero-order chi connectivity index (χ0) is 21.2. The van der Waals surface area contributed by atoms with Crippen molar-refractivity contribution < 1.29 is 0 Å². The van der Waals surface area contributed by atoms with Gasteiger partial charge in [-0.05, 0) is 24.4 Å². The van der Waals surface area contributed by atoms with Gasteiger partial charge in [-0.25, -0.2) is 4.98 Å². The van der Waals surface area contributed by atoms with E-state index in [1.807, 2.05) is 7.05 Å². The van der Waals surface area contributed by atoms with Crippen LogP contribution in [0.1, 0.15) is 42.5 Å². The van der Waals surface area contributed by atoms with Gasteiger partial charge in [0.2, 0.25) is 0 Å². The molecule has 0 spiro atoms. The number of nitrogens with zero attached hydrogens (tertiary/aromatic N) is 4. The lowest BCUT2D eigenvalue weighted by Crippen LogP contribution is -2.46. The smallest absolute Gasteiger partial charge is 0.191 e. The van der Waals surface area contributed by atoms with Crippen molar-refractivity contribution in [3.05, 3.63) is 52.0 Å². The normalized spacial score (nSPS) is 16.2. The molecule has 0 unspecified atom stereocenters. The summed E-state index contributed by atoms with van der Waals surface area (Å²) in [5, 5.41) is 10.1. The molecule has 1 aliphatic heterocycles. The van der Waals surface area contributed by atoms with Crippen LogP contribution in [0.25, 0.3) is 0 Å². The third kappa shape index (κ3) is 7.38. The van der Waals surface area contributed by atoms with Gasteiger partial charge >= 0.3 is 0 Å². The third-order valence-electron chi connectivity index (χ3n) is 5.45. The maximum atomic E-state index is 4.67. The van der Waals surface area contributed by atoms with Crippen LogP contribution in [-0.2, 0) is 13.1 Å². The Morgan fingerprint density at radius 1 is 1.10 bits per heavy atom. The fourth-order valence-electron chi connectivity index (χ4n) is 3.57. The minimum absolute atomic E-state index is 0.479. The first-order valence-corrected chi connectivity index (χ1v) is 11.9. The molecule has 1 aromatic carbocycles. The summed E-state index contributed by atoms with van der Waals surface area (Å²) >= 11 is 1.71. The molecular weight excluding hydrogens is 392 g/mol. The zero-order valence-electron chi connectivity index (χ0n) is 18.6. The second-order valence-electron chi connectivity index (χ2n) is 8.13. The number of hydrogen-bond acceptors (Lipinski definition) is 5. The molecule has 0 amide bonds. The molecule has 1 aromatic heterocycles. The lowest BCUT2D eigenvalue weighted by molar-refractivity contribution is 0.126. The average Bonchev–Trinajstić information content (AvgIpc) is 3.25. The van der Waals surface area contributed by atoms with Gasteiger partial charge < -0.3 is 15.5 Å². The second kappa shape index (κ2) is 12.0. The molecule has 1 fully saturated rings. The highest BCUT2D eigenvalue weighted by molar-refractivity contribution is 7.09. The molecule has 2 N–H and O–H groups in total. The van der Waals surface area contributed by atoms with Crippen LogP contribution < -0.4 is 10.6 Å². The van der Waals surface area contributed by atoms with Gasteiger partial charge in [-0.2, -0.15) is 0 Å². The van der Waals surface area contributed by atoms with Crippen molar-refractivity contribution in [2.24, 2.45) is 4.99 Å². The minimum Gasteiger partial charge on any atom is -0.356 e. The number of thiazole rings is 1. The van der Waals surface area contributed by atoms with Crippen molar-refractivity contribution in [3.63, 3.8) is 0 Å². The first-order valence-electron chi connectivity index (χ1n) is 11.0. The van der Waals surface area contributed by atoms with E-state index in [1.54, 1.807) is 11.3 Å². The molecule has 0 bridgehead atoms. The molecule has 0 saturated carbocycles. The molecule has 0 atom stereocenters. The summed E-state index contributed by atoms with van der Waals surface area (Å²) in [6.07, 6.45) is 1.12. The number of nitrogens with one attached hydrogen (secondary N) is 2. The van der Waals surface area contributed by atoms with Crippen molar-refractivity contribution >= 4 is 17.3 Å². The SMILES string of the molecule is CN=C(NCCCN1CCN(Cc2ccccc2)CC1)NCc1nc(C(C)C)cs1. The van der Waals surface area contributed by atoms with Gasteiger partial charge in [0.15, 0.2) is 5.96 Å². The Morgan fingerprint density at radius 3 is 2.50 bits per heavy atom. The van der Waals surface area contributed by atoms with Gasteiger partial charge in [0.05, 0.1) is 12.2 Å². The van der Waals surface area contributed by atoms with Crippen molar-refractivity contribution in [2.75, 3.05) is 46.3 Å². The average molecular weight is 429 g/mol. The summed E-state index contributed by atoms with van der Waals surface area (Å²) in [7, 11) is 1.82. The van der Waals surface area contributed by atoms with Crippen molar-refractivity contribution in [2.45, 2.75) is 39.3 Å². The van der Waals surface area contributed by atoms with Gasteiger partial charge in [-0.3, -0.25) is 9.89 Å². The van der Waals surface area contributed by atoms with Crippen LogP contribution in [0.4, 0.5) is 0 Å². The largest absolute Gasteiger partial charge is 0.356 e. The van der Waals surface area contributed by atoms with Gasteiger partial charge in [0.1, 0.15) is 5.01 Å². The predicted molar refractivity (Wildman–Crippen MR) is 127 cm³/mol. The number of guanidine groups is 1. The van der Waals surface area contributed by atoms with E-state index in [0.717, 1.165) is 69.7 Å². The van der Waals surface area contributed by atoms with E-state index in [9.17, 15) is 0 Å². The third-order valence-corrected chi connectivity index (χ3v) is 6.32. The topological polar surface area (TPSA) is 55.8 Å². The standard InChI is InChI=1S/C23H36N6S/c1-19(2)21-18-30-22(27-21)16-26-23(24-3)25-10-7-11-28-12-14-29(15-13-28)17-20-8-5-4-6-9-20/h4-6,8-9,18-19H,7,10-17H2,1-3H3,(H2,24,25,26). The fraction of sp³-hybridized carbons (Fsp3) is 0.565. The van der Waals surface area contributed by atoms with Crippen LogP contribution in [0.15, 0.2) is 40.7 Å². The summed E-state index contributed by atoms with van der Waals surface area (Å²) < 4.78 is 0. The van der Waals surface area contributed by atoms with Crippen LogP contribution in [0.2, 0.25) is 0 Å². The number of aromatic nitrogens is 1. The first-order chi connectivity index (χ1) is 14.6. The monoisotopic (exact) mass is 428 g/mol. The molecule has 7 heteroatoms. The molecule has 6 nitrogen and oxygen atoms in total. The molecule has 30 heavy (non-hydrogen) atoms. The Hall–Kier alpha value is -1.96. The first kappa shape index (κ1) is 22.7. The lowest BCUT2D eigenvalue weighted by Gasteiger charge is -2.34. The highest BCUT2D eigenvalue weighted by Crippen LogP contribution is 2.17. The van der Waals surface area contributed by atoms with Crippen LogP contribution >= 0.6 is 11.3 Å². The van der Waals surface area contributed by atoms with E-state index < -0.39 is 0 Å². The van der Waals surface area contributed by atoms with E-state index in [4.69, 9.17) is 0 Å². The number of hydrogen-bond donors (Lipinski definition) is 2. The van der Waals surface area contributed by atoms with Gasteiger partial charge in [0, 0.05) is 51.7 Å². The Morgan fingerprint density at radius 2 is 1.83 bits per heavy atom. The lowest BCUT2D eigenvalue weighted by atomic mass is 10.2. The van der Waals surface area contributed by atoms with Gasteiger partial charge in [-0.15, -0.1) is 11.3 Å². The van der Waals surface area contributed by atoms with E-state index in [2.05, 4.69) is 80.0 Å². The molecule has 1 saturated heterocycles. The molecule has 0 radical (unpaired) electrons. The minimum atomic E-state index is 0.479. The predicted octanol–water partition coefficient (Wildman–Crippen LogP) is 3.14. The van der Waals surface area contributed by atoms with Crippen LogP contribution in [-0.4, -0.2) is 67.1 Å². The quantitative estimate of drug-likeness (QED) is 0.365. The van der Waals surface area contributed by atoms with Crippen molar-refractivity contribution in [1.29, 1.82) is 0 Å². The van der Waals surface area contributed by atoms with Crippen molar-refractivity contribution in [1.82, 2.24) is 25.4 Å². The summed E-state index contributed by atoms with van der Waals surface area (Å²) in [5.41, 5.74) is 2.58. The maximum absolute atomic E-state index is 4.67. The zero-order valence-corrected chi connectivity index (χ0v) is 19.4. The van der Waals surface area contributed by atoms with Gasteiger partial charge in [-0.1, -0.05) is 44.2 Å². The molecule has 164 valence electrons. The molecule has 3 rings (SSSR count). The van der Waals surface area contributed by atoms with E-state index >= 15 is 0 Å². The molecular formula is C23H36N6S. The Kier molecular flexibility index (Phi) is 9.11. The molecule has 2 aromatic rings. The molecule has 0 aliphatic carbocycles.